The molecule has 1 atom stereocenters. The van der Waals surface area contributed by atoms with Gasteiger partial charge in [-0.3, -0.25) is 24.2 Å². The van der Waals surface area contributed by atoms with Crippen molar-refractivity contribution in [3.63, 3.8) is 0 Å². The number of carbonyl (C=O) groups excluding carboxylic acids is 3. The molecule has 0 saturated carbocycles. The van der Waals surface area contributed by atoms with E-state index in [4.69, 9.17) is 0 Å². The predicted octanol–water partition coefficient (Wildman–Crippen LogP) is 3.18. The molecule has 1 unspecified atom stereocenters. The van der Waals surface area contributed by atoms with Crippen LogP contribution in [0.15, 0.2) is 82.6 Å². The second-order valence-electron chi connectivity index (χ2n) is 7.31. The van der Waals surface area contributed by atoms with Crippen LogP contribution in [0.3, 0.4) is 0 Å². The van der Waals surface area contributed by atoms with E-state index in [-0.39, 0.29) is 32.3 Å². The van der Waals surface area contributed by atoms with E-state index in [2.05, 4.69) is 0 Å². The van der Waals surface area contributed by atoms with Gasteiger partial charge in [0.1, 0.15) is 6.04 Å². The minimum atomic E-state index is -3.82. The van der Waals surface area contributed by atoms with E-state index in [0.29, 0.717) is 0 Å². The van der Waals surface area contributed by atoms with Crippen molar-refractivity contribution in [2.45, 2.75) is 22.8 Å². The summed E-state index contributed by atoms with van der Waals surface area (Å²) in [6.07, 6.45) is 0. The smallest absolute Gasteiger partial charge is 0.262 e. The molecule has 5 rings (SSSR count). The number of carbonyl (C=O) groups is 3. The minimum absolute atomic E-state index is 0.00314. The molecule has 0 aliphatic carbocycles. The van der Waals surface area contributed by atoms with Crippen LogP contribution in [0, 0.1) is 0 Å². The number of rotatable bonds is 2. The molecule has 2 heterocycles. The van der Waals surface area contributed by atoms with E-state index in [1.54, 1.807) is 48.5 Å². The van der Waals surface area contributed by atoms with Crippen LogP contribution < -0.4 is 4.90 Å². The zero-order valence-corrected chi connectivity index (χ0v) is 17.2. The fourth-order valence-corrected chi connectivity index (χ4v) is 5.70. The third kappa shape index (κ3) is 2.58. The van der Waals surface area contributed by atoms with Gasteiger partial charge in [0.05, 0.1) is 32.3 Å². The molecule has 3 amide bonds. The lowest BCUT2D eigenvalue weighted by Crippen LogP contribution is -2.49. The number of imide groups is 1. The van der Waals surface area contributed by atoms with Gasteiger partial charge in [-0.25, -0.2) is 8.42 Å². The molecular weight excluding hydrogens is 416 g/mol. The standard InChI is InChI=1S/C23H16N2O5S/c1-14(24-22(27)15-8-2-3-9-16(15)23(24)28)21(26)25-17-10-4-6-12-19(17)31(29,30)20-13-7-5-11-18(20)25/h2-14H,1H3. The van der Waals surface area contributed by atoms with Gasteiger partial charge in [-0.1, -0.05) is 36.4 Å². The van der Waals surface area contributed by atoms with Crippen molar-refractivity contribution >= 4 is 38.9 Å². The number of fused-ring (bicyclic) bond motifs is 3. The molecule has 3 aromatic carbocycles. The van der Waals surface area contributed by atoms with Gasteiger partial charge < -0.3 is 0 Å². The third-order valence-corrected chi connectivity index (χ3v) is 7.43. The monoisotopic (exact) mass is 432 g/mol. The van der Waals surface area contributed by atoms with E-state index in [0.717, 1.165) is 4.90 Å². The summed E-state index contributed by atoms with van der Waals surface area (Å²) in [5.74, 6) is -1.68. The molecule has 154 valence electrons. The first-order valence-corrected chi connectivity index (χ1v) is 11.1. The first kappa shape index (κ1) is 19.2. The highest BCUT2D eigenvalue weighted by Gasteiger charge is 2.44. The Labute approximate surface area is 178 Å². The number of hydrogen-bond acceptors (Lipinski definition) is 5. The Balaban J connectivity index is 1.63. The number of benzene rings is 3. The highest BCUT2D eigenvalue weighted by Crippen LogP contribution is 2.44. The average molecular weight is 432 g/mol. The number of sulfone groups is 1. The highest BCUT2D eigenvalue weighted by molar-refractivity contribution is 7.92. The van der Waals surface area contributed by atoms with Crippen LogP contribution in [0.2, 0.25) is 0 Å². The van der Waals surface area contributed by atoms with Crippen molar-refractivity contribution in [2.24, 2.45) is 0 Å². The summed E-state index contributed by atoms with van der Waals surface area (Å²) >= 11 is 0. The maximum atomic E-state index is 13.6. The molecule has 8 heteroatoms. The van der Waals surface area contributed by atoms with Crippen LogP contribution in [0.1, 0.15) is 27.6 Å². The number of anilines is 2. The van der Waals surface area contributed by atoms with Crippen molar-refractivity contribution < 1.29 is 22.8 Å². The Morgan fingerprint density at radius 3 is 1.65 bits per heavy atom. The van der Waals surface area contributed by atoms with Crippen molar-refractivity contribution in [1.29, 1.82) is 0 Å². The van der Waals surface area contributed by atoms with Gasteiger partial charge in [0.15, 0.2) is 0 Å². The van der Waals surface area contributed by atoms with Crippen molar-refractivity contribution in [1.82, 2.24) is 4.90 Å². The maximum absolute atomic E-state index is 13.6. The molecule has 31 heavy (non-hydrogen) atoms. The second kappa shape index (κ2) is 6.61. The van der Waals surface area contributed by atoms with Crippen molar-refractivity contribution in [3.05, 3.63) is 83.9 Å². The van der Waals surface area contributed by atoms with Gasteiger partial charge in [0, 0.05) is 0 Å². The van der Waals surface area contributed by atoms with Gasteiger partial charge >= 0.3 is 0 Å². The van der Waals surface area contributed by atoms with E-state index in [9.17, 15) is 22.8 Å². The number of hydrogen-bond donors (Lipinski definition) is 0. The molecule has 0 saturated heterocycles. The van der Waals surface area contributed by atoms with Crippen LogP contribution in [0.5, 0.6) is 0 Å². The van der Waals surface area contributed by atoms with E-state index in [1.807, 2.05) is 0 Å². The second-order valence-corrected chi connectivity index (χ2v) is 9.20. The van der Waals surface area contributed by atoms with Crippen molar-refractivity contribution in [3.8, 4) is 0 Å². The molecule has 0 bridgehead atoms. The Kier molecular flexibility index (Phi) is 4.10. The first-order valence-electron chi connectivity index (χ1n) is 9.58. The molecular formula is C23H16N2O5S. The van der Waals surface area contributed by atoms with Crippen LogP contribution in [-0.2, 0) is 14.6 Å². The zero-order valence-electron chi connectivity index (χ0n) is 16.3. The summed E-state index contributed by atoms with van der Waals surface area (Å²) in [5, 5.41) is 0. The molecule has 0 fully saturated rings. The summed E-state index contributed by atoms with van der Waals surface area (Å²) in [4.78, 5) is 41.6. The SMILES string of the molecule is CC(C(=O)N1c2ccccc2S(=O)(=O)c2ccccc21)N1C(=O)c2ccccc2C1=O. The Hall–Kier alpha value is -3.78. The molecule has 0 aromatic heterocycles. The fraction of sp³-hybridized carbons (Fsp3) is 0.0870. The number of para-hydroxylation sites is 2. The summed E-state index contributed by atoms with van der Waals surface area (Å²) in [6.45, 7) is 1.47. The van der Waals surface area contributed by atoms with Gasteiger partial charge in [0.2, 0.25) is 9.84 Å². The molecule has 7 nitrogen and oxygen atoms in total. The predicted molar refractivity (Wildman–Crippen MR) is 112 cm³/mol. The zero-order chi connectivity index (χ0) is 21.9. The largest absolute Gasteiger partial charge is 0.277 e. The van der Waals surface area contributed by atoms with Crippen molar-refractivity contribution in [2.75, 3.05) is 4.90 Å². The normalized spacial score (nSPS) is 17.1. The summed E-state index contributed by atoms with van der Waals surface area (Å²) in [5.41, 5.74) is 0.868. The quantitative estimate of drug-likeness (QED) is 0.580. The van der Waals surface area contributed by atoms with Crippen LogP contribution in [0.25, 0.3) is 0 Å². The van der Waals surface area contributed by atoms with E-state index >= 15 is 0 Å². The summed E-state index contributed by atoms with van der Waals surface area (Å²) < 4.78 is 26.2. The van der Waals surface area contributed by atoms with Gasteiger partial charge in [0.25, 0.3) is 17.7 Å². The lowest BCUT2D eigenvalue weighted by Gasteiger charge is -2.34. The lowest BCUT2D eigenvalue weighted by atomic mass is 10.1. The molecule has 0 N–H and O–H groups in total. The van der Waals surface area contributed by atoms with Crippen LogP contribution >= 0.6 is 0 Å². The first-order chi connectivity index (χ1) is 14.8. The van der Waals surface area contributed by atoms with Crippen LogP contribution in [0.4, 0.5) is 11.4 Å². The minimum Gasteiger partial charge on any atom is -0.277 e. The molecule has 3 aromatic rings. The van der Waals surface area contributed by atoms with E-state index in [1.165, 1.54) is 36.1 Å². The van der Waals surface area contributed by atoms with Gasteiger partial charge in [-0.2, -0.15) is 0 Å². The Morgan fingerprint density at radius 2 is 1.16 bits per heavy atom. The number of nitrogens with zero attached hydrogens (tertiary/aromatic N) is 2. The Bertz CT molecular complexity index is 1310. The highest BCUT2D eigenvalue weighted by atomic mass is 32.2. The third-order valence-electron chi connectivity index (χ3n) is 5.58. The summed E-state index contributed by atoms with van der Waals surface area (Å²) in [6, 6.07) is 17.6. The maximum Gasteiger partial charge on any atom is 0.262 e. The van der Waals surface area contributed by atoms with Crippen LogP contribution in [-0.4, -0.2) is 37.1 Å². The molecule has 2 aliphatic heterocycles. The van der Waals surface area contributed by atoms with Gasteiger partial charge in [-0.05, 0) is 43.3 Å². The molecule has 0 spiro atoms. The topological polar surface area (TPSA) is 91.8 Å². The lowest BCUT2D eigenvalue weighted by molar-refractivity contribution is -0.121. The fourth-order valence-electron chi connectivity index (χ4n) is 4.08. The Morgan fingerprint density at radius 1 is 0.742 bits per heavy atom. The van der Waals surface area contributed by atoms with E-state index < -0.39 is 33.6 Å². The molecule has 2 aliphatic rings. The molecule has 0 radical (unpaired) electrons. The van der Waals surface area contributed by atoms with Gasteiger partial charge in [-0.15, -0.1) is 0 Å². The average Bonchev–Trinajstić information content (AvgIpc) is 3.04. The number of amides is 3. The summed E-state index contributed by atoms with van der Waals surface area (Å²) in [7, 11) is -3.82.